The first-order chi connectivity index (χ1) is 7.93. The molecule has 0 aromatic carbocycles. The zero-order chi connectivity index (χ0) is 13.4. The summed E-state index contributed by atoms with van der Waals surface area (Å²) in [4.78, 5) is 33.2. The highest BCUT2D eigenvalue weighted by atomic mass is 16.6. The summed E-state index contributed by atoms with van der Waals surface area (Å²) in [5.74, 6) is -5.13. The van der Waals surface area contributed by atoms with Gasteiger partial charge in [0, 0.05) is 6.92 Å². The van der Waals surface area contributed by atoms with Crippen LogP contribution in [-0.2, 0) is 28.6 Å². The molecule has 7 heteroatoms. The van der Waals surface area contributed by atoms with Gasteiger partial charge in [0.05, 0.1) is 13.2 Å². The van der Waals surface area contributed by atoms with Gasteiger partial charge < -0.3 is 19.3 Å². The van der Waals surface area contributed by atoms with Gasteiger partial charge in [-0.2, -0.15) is 0 Å². The normalized spacial score (nSPS) is 11.2. The molecule has 0 unspecified atom stereocenters. The number of hydrogen-bond donors (Lipinski definition) is 1. The second-order valence-electron chi connectivity index (χ2n) is 2.71. The van der Waals surface area contributed by atoms with Gasteiger partial charge in [-0.15, -0.1) is 0 Å². The molecule has 0 atom stereocenters. The summed E-state index contributed by atoms with van der Waals surface area (Å²) in [5.41, 5.74) is 0. The summed E-state index contributed by atoms with van der Waals surface area (Å²) < 4.78 is 13.4. The minimum atomic E-state index is -1.17. The average Bonchev–Trinajstić information content (AvgIpc) is 2.25. The molecule has 96 valence electrons. The minimum Gasteiger partial charge on any atom is -0.499 e. The van der Waals surface area contributed by atoms with Crippen molar-refractivity contribution in [3.05, 3.63) is 11.5 Å². The fourth-order valence-electron chi connectivity index (χ4n) is 0.819. The van der Waals surface area contributed by atoms with Gasteiger partial charge in [0.2, 0.25) is 0 Å². The Bertz CT molecular complexity index is 343. The van der Waals surface area contributed by atoms with E-state index in [0.717, 1.165) is 6.92 Å². The molecule has 0 saturated heterocycles. The van der Waals surface area contributed by atoms with Crippen molar-refractivity contribution in [1.82, 2.24) is 0 Å². The Morgan fingerprint density at radius 1 is 1.00 bits per heavy atom. The third-order valence-electron chi connectivity index (χ3n) is 1.39. The smallest absolute Gasteiger partial charge is 0.378 e. The largest absolute Gasteiger partial charge is 0.499 e. The topological polar surface area (TPSA) is 99.1 Å². The molecule has 7 nitrogen and oxygen atoms in total. The molecule has 17 heavy (non-hydrogen) atoms. The van der Waals surface area contributed by atoms with Crippen LogP contribution in [-0.4, -0.2) is 36.2 Å². The molecular formula is C10H14O7. The van der Waals surface area contributed by atoms with E-state index in [1.54, 1.807) is 0 Å². The van der Waals surface area contributed by atoms with E-state index in [1.165, 1.54) is 13.8 Å². The number of aliphatic hydroxyl groups excluding tert-OH is 1. The summed E-state index contributed by atoms with van der Waals surface area (Å²) in [6, 6.07) is 0. The molecular weight excluding hydrogens is 232 g/mol. The van der Waals surface area contributed by atoms with E-state index in [2.05, 4.69) is 14.2 Å². The quantitative estimate of drug-likeness (QED) is 0.325. The van der Waals surface area contributed by atoms with E-state index in [0.29, 0.717) is 0 Å². The molecule has 0 fully saturated rings. The Morgan fingerprint density at radius 2 is 1.47 bits per heavy atom. The number of aliphatic hydroxyl groups is 1. The van der Waals surface area contributed by atoms with E-state index in [-0.39, 0.29) is 13.2 Å². The second-order valence-corrected chi connectivity index (χ2v) is 2.71. The third-order valence-corrected chi connectivity index (χ3v) is 1.39. The lowest BCUT2D eigenvalue weighted by Crippen LogP contribution is -2.20. The van der Waals surface area contributed by atoms with Crippen LogP contribution in [0.4, 0.5) is 0 Å². The SMILES string of the molecule is CCOC(=O)/C(O)=C(\OC(C)=O)C(=O)OCC. The molecule has 0 saturated carbocycles. The number of ether oxygens (including phenoxy) is 3. The monoisotopic (exact) mass is 246 g/mol. The number of hydrogen-bond acceptors (Lipinski definition) is 7. The molecule has 0 aliphatic heterocycles. The Labute approximate surface area is 98.0 Å². The lowest BCUT2D eigenvalue weighted by Gasteiger charge is -2.08. The van der Waals surface area contributed by atoms with Crippen molar-refractivity contribution in [2.45, 2.75) is 20.8 Å². The van der Waals surface area contributed by atoms with Gasteiger partial charge in [-0.05, 0) is 13.8 Å². The Balaban J connectivity index is 5.12. The highest BCUT2D eigenvalue weighted by Gasteiger charge is 2.26. The van der Waals surface area contributed by atoms with Crippen LogP contribution in [0, 0.1) is 0 Å². The Hall–Kier alpha value is -2.05. The maximum atomic E-state index is 11.3. The van der Waals surface area contributed by atoms with E-state index < -0.39 is 29.4 Å². The number of esters is 3. The molecule has 0 heterocycles. The number of carbonyl (C=O) groups excluding carboxylic acids is 3. The van der Waals surface area contributed by atoms with Gasteiger partial charge in [0.1, 0.15) is 0 Å². The van der Waals surface area contributed by atoms with Crippen LogP contribution in [0.5, 0.6) is 0 Å². The van der Waals surface area contributed by atoms with Crippen LogP contribution in [0.25, 0.3) is 0 Å². The zero-order valence-corrected chi connectivity index (χ0v) is 9.81. The molecule has 0 aliphatic rings. The molecule has 0 aromatic heterocycles. The summed E-state index contributed by atoms with van der Waals surface area (Å²) in [5, 5.41) is 9.38. The van der Waals surface area contributed by atoms with Gasteiger partial charge in [0.15, 0.2) is 0 Å². The van der Waals surface area contributed by atoms with Crippen LogP contribution in [0.2, 0.25) is 0 Å². The maximum absolute atomic E-state index is 11.3. The molecule has 0 aliphatic carbocycles. The first-order valence-electron chi connectivity index (χ1n) is 4.89. The van der Waals surface area contributed by atoms with Gasteiger partial charge in [-0.25, -0.2) is 9.59 Å². The van der Waals surface area contributed by atoms with Gasteiger partial charge in [-0.3, -0.25) is 4.79 Å². The number of carbonyl (C=O) groups is 3. The minimum absolute atomic E-state index is 0.000294. The predicted molar refractivity (Wildman–Crippen MR) is 54.7 cm³/mol. The second kappa shape index (κ2) is 7.26. The van der Waals surface area contributed by atoms with Gasteiger partial charge >= 0.3 is 17.9 Å². The highest BCUT2D eigenvalue weighted by molar-refractivity contribution is 5.98. The summed E-state index contributed by atoms with van der Waals surface area (Å²) in [6.07, 6.45) is 0. The maximum Gasteiger partial charge on any atom is 0.378 e. The van der Waals surface area contributed by atoms with Gasteiger partial charge in [-0.1, -0.05) is 0 Å². The van der Waals surface area contributed by atoms with Crippen molar-refractivity contribution in [3.8, 4) is 0 Å². The lowest BCUT2D eigenvalue weighted by molar-refractivity contribution is -0.152. The lowest BCUT2D eigenvalue weighted by atomic mass is 10.4. The fraction of sp³-hybridized carbons (Fsp3) is 0.500. The third kappa shape index (κ3) is 5.01. The van der Waals surface area contributed by atoms with Crippen molar-refractivity contribution in [3.63, 3.8) is 0 Å². The molecule has 0 aromatic rings. The van der Waals surface area contributed by atoms with E-state index in [1.807, 2.05) is 0 Å². The molecule has 0 spiro atoms. The van der Waals surface area contributed by atoms with Gasteiger partial charge in [0.25, 0.3) is 11.5 Å². The Morgan fingerprint density at radius 3 is 1.88 bits per heavy atom. The van der Waals surface area contributed by atoms with Crippen LogP contribution in [0.15, 0.2) is 11.5 Å². The van der Waals surface area contributed by atoms with Crippen molar-refractivity contribution in [2.24, 2.45) is 0 Å². The zero-order valence-electron chi connectivity index (χ0n) is 9.81. The molecule has 1 N–H and O–H groups in total. The standard InChI is InChI=1S/C10H14O7/c1-4-15-9(13)7(12)8(17-6(3)11)10(14)16-5-2/h12H,4-5H2,1-3H3/b8-7+. The first-order valence-corrected chi connectivity index (χ1v) is 4.89. The van der Waals surface area contributed by atoms with Crippen molar-refractivity contribution >= 4 is 17.9 Å². The molecule has 0 rings (SSSR count). The average molecular weight is 246 g/mol. The molecule has 0 radical (unpaired) electrons. The van der Waals surface area contributed by atoms with Crippen LogP contribution in [0.3, 0.4) is 0 Å². The van der Waals surface area contributed by atoms with Crippen molar-refractivity contribution in [2.75, 3.05) is 13.2 Å². The van der Waals surface area contributed by atoms with Crippen LogP contribution >= 0.6 is 0 Å². The fourth-order valence-corrected chi connectivity index (χ4v) is 0.819. The number of rotatable bonds is 5. The van der Waals surface area contributed by atoms with E-state index in [4.69, 9.17) is 0 Å². The summed E-state index contributed by atoms with van der Waals surface area (Å²) in [7, 11) is 0. The first kappa shape index (κ1) is 14.9. The van der Waals surface area contributed by atoms with Crippen molar-refractivity contribution < 1.29 is 33.7 Å². The van der Waals surface area contributed by atoms with E-state index in [9.17, 15) is 19.5 Å². The van der Waals surface area contributed by atoms with Crippen LogP contribution in [0.1, 0.15) is 20.8 Å². The Kier molecular flexibility index (Phi) is 6.39. The summed E-state index contributed by atoms with van der Waals surface area (Å²) >= 11 is 0. The molecule has 0 bridgehead atoms. The van der Waals surface area contributed by atoms with E-state index >= 15 is 0 Å². The molecule has 0 amide bonds. The van der Waals surface area contributed by atoms with Crippen molar-refractivity contribution in [1.29, 1.82) is 0 Å². The summed E-state index contributed by atoms with van der Waals surface area (Å²) in [6.45, 7) is 4.04. The highest BCUT2D eigenvalue weighted by Crippen LogP contribution is 2.09. The van der Waals surface area contributed by atoms with Crippen LogP contribution < -0.4 is 0 Å². The predicted octanol–water partition coefficient (Wildman–Crippen LogP) is 0.445.